The summed E-state index contributed by atoms with van der Waals surface area (Å²) in [5, 5.41) is 18.2. The van der Waals surface area contributed by atoms with Crippen molar-refractivity contribution in [3.05, 3.63) is 35.4 Å². The van der Waals surface area contributed by atoms with Crippen LogP contribution in [0.25, 0.3) is 0 Å². The minimum Gasteiger partial charge on any atom is -0.385 e. The van der Waals surface area contributed by atoms with Crippen LogP contribution >= 0.6 is 0 Å². The van der Waals surface area contributed by atoms with Crippen molar-refractivity contribution in [2.24, 2.45) is 0 Å². The highest BCUT2D eigenvalue weighted by Gasteiger charge is 2.33. The van der Waals surface area contributed by atoms with Crippen molar-refractivity contribution in [2.75, 3.05) is 0 Å². The van der Waals surface area contributed by atoms with Gasteiger partial charge in [0.25, 0.3) is 0 Å². The number of aliphatic hydroxyl groups is 2. The van der Waals surface area contributed by atoms with E-state index < -0.39 is 12.2 Å². The number of hydrogen-bond acceptors (Lipinski definition) is 2. The van der Waals surface area contributed by atoms with Gasteiger partial charge in [0.15, 0.2) is 0 Å². The molecule has 0 radical (unpaired) electrons. The fraction of sp³-hybridized carbons (Fsp3) is 0.250. The average Bonchev–Trinajstić information content (AvgIpc) is 2.03. The highest BCUT2D eigenvalue weighted by Crippen LogP contribution is 2.42. The smallest absolute Gasteiger partial charge is 0.109 e. The Balaban J connectivity index is 2.50. The van der Waals surface area contributed by atoms with Gasteiger partial charge in [-0.2, -0.15) is 0 Å². The summed E-state index contributed by atoms with van der Waals surface area (Å²) in [5.41, 5.74) is 1.71. The molecule has 2 N–H and O–H groups in total. The number of hydrogen-bond donors (Lipinski definition) is 2. The number of benzene rings is 1. The second-order valence-electron chi connectivity index (χ2n) is 2.52. The molecule has 0 fully saturated rings. The molecule has 0 heterocycles. The Kier molecular flexibility index (Phi) is 1.07. The van der Waals surface area contributed by atoms with Crippen LogP contribution in [0.2, 0.25) is 0 Å². The standard InChI is InChI=1S/C8H8O2/c9-7-5-3-1-2-4-6(5)8(7)10/h1-4,7-10H/t7-,8+. The Morgan fingerprint density at radius 2 is 1.30 bits per heavy atom. The average molecular weight is 136 g/mol. The van der Waals surface area contributed by atoms with Crippen LogP contribution in [-0.2, 0) is 0 Å². The molecular formula is C8H8O2. The lowest BCUT2D eigenvalue weighted by Crippen LogP contribution is -2.22. The fourth-order valence-corrected chi connectivity index (χ4v) is 1.29. The van der Waals surface area contributed by atoms with E-state index in [1.54, 1.807) is 0 Å². The molecule has 2 atom stereocenters. The van der Waals surface area contributed by atoms with Crippen molar-refractivity contribution in [3.63, 3.8) is 0 Å². The molecule has 1 aliphatic rings. The molecular weight excluding hydrogens is 128 g/mol. The van der Waals surface area contributed by atoms with Gasteiger partial charge in [0, 0.05) is 0 Å². The fourth-order valence-electron chi connectivity index (χ4n) is 1.29. The van der Waals surface area contributed by atoms with Gasteiger partial charge < -0.3 is 10.2 Å². The summed E-state index contributed by atoms with van der Waals surface area (Å²) in [6.07, 6.45) is -1.31. The second kappa shape index (κ2) is 1.81. The third-order valence-corrected chi connectivity index (χ3v) is 1.93. The highest BCUT2D eigenvalue weighted by molar-refractivity contribution is 5.40. The molecule has 0 aliphatic heterocycles. The quantitative estimate of drug-likeness (QED) is 0.553. The Morgan fingerprint density at radius 3 is 1.70 bits per heavy atom. The van der Waals surface area contributed by atoms with Gasteiger partial charge in [-0.25, -0.2) is 0 Å². The van der Waals surface area contributed by atoms with Crippen LogP contribution in [-0.4, -0.2) is 10.2 Å². The van der Waals surface area contributed by atoms with E-state index in [2.05, 4.69) is 0 Å². The highest BCUT2D eigenvalue weighted by atomic mass is 16.3. The van der Waals surface area contributed by atoms with Gasteiger partial charge in [-0.05, 0) is 11.1 Å². The molecule has 10 heavy (non-hydrogen) atoms. The normalized spacial score (nSPS) is 29.0. The SMILES string of the molecule is O[C@@H]1c2ccccc2[C@@H]1O. The third kappa shape index (κ3) is 0.549. The van der Waals surface area contributed by atoms with E-state index in [-0.39, 0.29) is 0 Å². The predicted octanol–water partition coefficient (Wildman–Crippen LogP) is 0.767. The molecule has 0 unspecified atom stereocenters. The Morgan fingerprint density at radius 1 is 0.900 bits per heavy atom. The summed E-state index contributed by atoms with van der Waals surface area (Å²) in [7, 11) is 0. The zero-order valence-corrected chi connectivity index (χ0v) is 5.36. The lowest BCUT2D eigenvalue weighted by Gasteiger charge is -2.31. The van der Waals surface area contributed by atoms with Gasteiger partial charge >= 0.3 is 0 Å². The van der Waals surface area contributed by atoms with Crippen molar-refractivity contribution in [1.29, 1.82) is 0 Å². The summed E-state index contributed by atoms with van der Waals surface area (Å²) < 4.78 is 0. The van der Waals surface area contributed by atoms with Crippen LogP contribution in [0, 0.1) is 0 Å². The first-order valence-electron chi connectivity index (χ1n) is 3.25. The topological polar surface area (TPSA) is 40.5 Å². The van der Waals surface area contributed by atoms with Gasteiger partial charge in [-0.1, -0.05) is 24.3 Å². The maximum atomic E-state index is 9.12. The maximum Gasteiger partial charge on any atom is 0.109 e. The summed E-state index contributed by atoms with van der Waals surface area (Å²) in [6, 6.07) is 7.36. The first-order valence-corrected chi connectivity index (χ1v) is 3.25. The minimum absolute atomic E-state index is 0.656. The first-order chi connectivity index (χ1) is 4.80. The van der Waals surface area contributed by atoms with Crippen molar-refractivity contribution >= 4 is 0 Å². The zero-order valence-electron chi connectivity index (χ0n) is 5.36. The Hall–Kier alpha value is -0.860. The summed E-state index contributed by atoms with van der Waals surface area (Å²) >= 11 is 0. The van der Waals surface area contributed by atoms with E-state index in [0.29, 0.717) is 0 Å². The molecule has 0 spiro atoms. The van der Waals surface area contributed by atoms with Crippen LogP contribution in [0.1, 0.15) is 23.3 Å². The molecule has 0 amide bonds. The molecule has 2 heteroatoms. The largest absolute Gasteiger partial charge is 0.385 e. The Bertz CT molecular complexity index is 230. The first kappa shape index (κ1) is 5.89. The molecule has 0 bridgehead atoms. The third-order valence-electron chi connectivity index (χ3n) is 1.93. The monoisotopic (exact) mass is 136 g/mol. The summed E-state index contributed by atoms with van der Waals surface area (Å²) in [5.74, 6) is 0. The van der Waals surface area contributed by atoms with Crippen molar-refractivity contribution in [2.45, 2.75) is 12.2 Å². The number of fused-ring (bicyclic) bond motifs is 1. The summed E-state index contributed by atoms with van der Waals surface area (Å²) in [6.45, 7) is 0. The number of aliphatic hydroxyl groups excluding tert-OH is 2. The Labute approximate surface area is 58.7 Å². The van der Waals surface area contributed by atoms with Gasteiger partial charge in [-0.15, -0.1) is 0 Å². The van der Waals surface area contributed by atoms with E-state index in [1.807, 2.05) is 24.3 Å². The molecule has 0 saturated carbocycles. The molecule has 1 aliphatic carbocycles. The van der Waals surface area contributed by atoms with Crippen molar-refractivity contribution < 1.29 is 10.2 Å². The lowest BCUT2D eigenvalue weighted by atomic mass is 9.83. The number of rotatable bonds is 0. The van der Waals surface area contributed by atoms with Crippen LogP contribution in [0.5, 0.6) is 0 Å². The van der Waals surface area contributed by atoms with E-state index in [0.717, 1.165) is 11.1 Å². The predicted molar refractivity (Wildman–Crippen MR) is 36.4 cm³/mol. The van der Waals surface area contributed by atoms with E-state index in [1.165, 1.54) is 0 Å². The van der Waals surface area contributed by atoms with Crippen LogP contribution < -0.4 is 0 Å². The molecule has 52 valence electrons. The van der Waals surface area contributed by atoms with Crippen LogP contribution in [0.4, 0.5) is 0 Å². The van der Waals surface area contributed by atoms with Gasteiger partial charge in [0.05, 0.1) is 0 Å². The van der Waals surface area contributed by atoms with E-state index >= 15 is 0 Å². The molecule has 1 aromatic rings. The maximum absolute atomic E-state index is 9.12. The molecule has 0 aromatic heterocycles. The van der Waals surface area contributed by atoms with Crippen molar-refractivity contribution in [3.8, 4) is 0 Å². The van der Waals surface area contributed by atoms with Gasteiger partial charge in [0.1, 0.15) is 12.2 Å². The zero-order chi connectivity index (χ0) is 7.14. The molecule has 2 rings (SSSR count). The van der Waals surface area contributed by atoms with E-state index in [9.17, 15) is 0 Å². The minimum atomic E-state index is -0.656. The lowest BCUT2D eigenvalue weighted by molar-refractivity contribution is -0.0129. The molecule has 1 aromatic carbocycles. The van der Waals surface area contributed by atoms with Crippen LogP contribution in [0.3, 0.4) is 0 Å². The van der Waals surface area contributed by atoms with E-state index in [4.69, 9.17) is 10.2 Å². The molecule has 2 nitrogen and oxygen atoms in total. The summed E-state index contributed by atoms with van der Waals surface area (Å²) in [4.78, 5) is 0. The van der Waals surface area contributed by atoms with Gasteiger partial charge in [-0.3, -0.25) is 0 Å². The molecule has 0 saturated heterocycles. The van der Waals surface area contributed by atoms with Crippen molar-refractivity contribution in [1.82, 2.24) is 0 Å². The second-order valence-corrected chi connectivity index (χ2v) is 2.52. The van der Waals surface area contributed by atoms with Crippen LogP contribution in [0.15, 0.2) is 24.3 Å². The van der Waals surface area contributed by atoms with Gasteiger partial charge in [0.2, 0.25) is 0 Å².